The van der Waals surface area contributed by atoms with Gasteiger partial charge in [-0.25, -0.2) is 4.98 Å². The first-order valence-electron chi connectivity index (χ1n) is 5.95. The van der Waals surface area contributed by atoms with E-state index >= 15 is 0 Å². The molecular formula is C12H18N2OS. The van der Waals surface area contributed by atoms with Gasteiger partial charge in [0.25, 0.3) is 0 Å². The lowest BCUT2D eigenvalue weighted by molar-refractivity contribution is -0.128. The van der Waals surface area contributed by atoms with E-state index in [2.05, 4.69) is 17.2 Å². The van der Waals surface area contributed by atoms with Crippen LogP contribution in [0.2, 0.25) is 0 Å². The summed E-state index contributed by atoms with van der Waals surface area (Å²) < 4.78 is 0. The molecule has 1 N–H and O–H groups in total. The molecule has 4 heteroatoms. The Labute approximate surface area is 100 Å². The number of carbonyl (C=O) groups excluding carboxylic acids is 1. The van der Waals surface area contributed by atoms with Crippen molar-refractivity contribution < 1.29 is 4.79 Å². The lowest BCUT2D eigenvalue weighted by Crippen LogP contribution is -2.36. The summed E-state index contributed by atoms with van der Waals surface area (Å²) in [6.45, 7) is 4.10. The largest absolute Gasteiger partial charge is 0.348 e. The molecule has 1 fully saturated rings. The smallest absolute Gasteiger partial charge is 0.223 e. The summed E-state index contributed by atoms with van der Waals surface area (Å²) in [5.41, 5.74) is 0.995. The van der Waals surface area contributed by atoms with Gasteiger partial charge >= 0.3 is 0 Å². The van der Waals surface area contributed by atoms with E-state index < -0.39 is 0 Å². The van der Waals surface area contributed by atoms with Crippen molar-refractivity contribution in [2.24, 2.45) is 5.92 Å². The standard InChI is InChI=1S/C12H18N2OS/c1-3-11-14-10(7-16-11)8(2)13-12(15)9-5-4-6-9/h7-9H,3-6H2,1-2H3,(H,13,15). The van der Waals surface area contributed by atoms with E-state index in [1.807, 2.05) is 12.3 Å². The van der Waals surface area contributed by atoms with Gasteiger partial charge in [-0.1, -0.05) is 13.3 Å². The highest BCUT2D eigenvalue weighted by atomic mass is 32.1. The Balaban J connectivity index is 1.91. The topological polar surface area (TPSA) is 42.0 Å². The van der Waals surface area contributed by atoms with E-state index in [-0.39, 0.29) is 17.9 Å². The number of rotatable bonds is 4. The van der Waals surface area contributed by atoms with Gasteiger partial charge in [-0.15, -0.1) is 11.3 Å². The highest BCUT2D eigenvalue weighted by Crippen LogP contribution is 2.27. The summed E-state index contributed by atoms with van der Waals surface area (Å²) in [4.78, 5) is 16.2. The van der Waals surface area contributed by atoms with Crippen LogP contribution >= 0.6 is 11.3 Å². The van der Waals surface area contributed by atoms with Crippen molar-refractivity contribution in [3.8, 4) is 0 Å². The number of aromatic nitrogens is 1. The van der Waals surface area contributed by atoms with Gasteiger partial charge in [0.2, 0.25) is 5.91 Å². The molecule has 1 aliphatic carbocycles. The van der Waals surface area contributed by atoms with Gasteiger partial charge in [-0.05, 0) is 26.2 Å². The van der Waals surface area contributed by atoms with E-state index in [1.165, 1.54) is 6.42 Å². The van der Waals surface area contributed by atoms with Crippen LogP contribution in [0.15, 0.2) is 5.38 Å². The lowest BCUT2D eigenvalue weighted by atomic mass is 9.84. The maximum atomic E-state index is 11.7. The van der Waals surface area contributed by atoms with Crippen LogP contribution in [0.4, 0.5) is 0 Å². The van der Waals surface area contributed by atoms with Crippen molar-refractivity contribution >= 4 is 17.2 Å². The molecule has 0 aliphatic heterocycles. The molecule has 2 rings (SSSR count). The Morgan fingerprint density at radius 3 is 2.94 bits per heavy atom. The van der Waals surface area contributed by atoms with E-state index in [0.717, 1.165) is 30.0 Å². The highest BCUT2D eigenvalue weighted by molar-refractivity contribution is 7.09. The summed E-state index contributed by atoms with van der Waals surface area (Å²) in [6, 6.07) is 0.0460. The second-order valence-corrected chi connectivity index (χ2v) is 5.32. The molecule has 1 aromatic heterocycles. The fraction of sp³-hybridized carbons (Fsp3) is 0.667. The third-order valence-electron chi connectivity index (χ3n) is 3.15. The van der Waals surface area contributed by atoms with Gasteiger partial charge in [0.15, 0.2) is 0 Å². The van der Waals surface area contributed by atoms with Crippen molar-refractivity contribution in [2.45, 2.75) is 45.6 Å². The molecule has 0 aromatic carbocycles. The van der Waals surface area contributed by atoms with Crippen molar-refractivity contribution in [2.75, 3.05) is 0 Å². The van der Waals surface area contributed by atoms with E-state index in [9.17, 15) is 4.79 Å². The summed E-state index contributed by atoms with van der Waals surface area (Å²) in [6.07, 6.45) is 4.27. The van der Waals surface area contributed by atoms with Crippen LogP contribution in [-0.4, -0.2) is 10.9 Å². The van der Waals surface area contributed by atoms with Crippen LogP contribution in [0.1, 0.15) is 49.9 Å². The number of nitrogens with one attached hydrogen (secondary N) is 1. The van der Waals surface area contributed by atoms with Crippen LogP contribution in [-0.2, 0) is 11.2 Å². The van der Waals surface area contributed by atoms with Crippen LogP contribution in [0.3, 0.4) is 0 Å². The van der Waals surface area contributed by atoms with Gasteiger partial charge in [-0.3, -0.25) is 4.79 Å². The van der Waals surface area contributed by atoms with E-state index in [1.54, 1.807) is 11.3 Å². The quantitative estimate of drug-likeness (QED) is 0.876. The van der Waals surface area contributed by atoms with Crippen LogP contribution in [0, 0.1) is 5.92 Å². The molecule has 1 unspecified atom stereocenters. The fourth-order valence-corrected chi connectivity index (χ4v) is 2.60. The monoisotopic (exact) mass is 238 g/mol. The molecule has 1 aromatic rings. The summed E-state index contributed by atoms with van der Waals surface area (Å²) in [5, 5.41) is 6.23. The predicted octanol–water partition coefficient (Wildman–Crippen LogP) is 2.68. The van der Waals surface area contributed by atoms with Gasteiger partial charge in [0.1, 0.15) is 0 Å². The molecular weight excluding hydrogens is 220 g/mol. The third kappa shape index (κ3) is 2.43. The molecule has 16 heavy (non-hydrogen) atoms. The summed E-state index contributed by atoms with van der Waals surface area (Å²) in [7, 11) is 0. The summed E-state index contributed by atoms with van der Waals surface area (Å²) in [5.74, 6) is 0.455. The van der Waals surface area contributed by atoms with Crippen molar-refractivity contribution in [1.29, 1.82) is 0 Å². The molecule has 3 nitrogen and oxygen atoms in total. The minimum Gasteiger partial charge on any atom is -0.348 e. The minimum atomic E-state index is 0.0460. The first-order valence-corrected chi connectivity index (χ1v) is 6.83. The Bertz CT molecular complexity index is 371. The van der Waals surface area contributed by atoms with E-state index in [0.29, 0.717) is 0 Å². The van der Waals surface area contributed by atoms with Gasteiger partial charge in [0.05, 0.1) is 16.7 Å². The van der Waals surface area contributed by atoms with Gasteiger partial charge < -0.3 is 5.32 Å². The third-order valence-corrected chi connectivity index (χ3v) is 4.16. The molecule has 1 aliphatic rings. The summed E-state index contributed by atoms with van der Waals surface area (Å²) >= 11 is 1.67. The maximum absolute atomic E-state index is 11.7. The Kier molecular flexibility index (Phi) is 3.59. The molecule has 0 radical (unpaired) electrons. The first kappa shape index (κ1) is 11.6. The van der Waals surface area contributed by atoms with Crippen molar-refractivity contribution in [3.63, 3.8) is 0 Å². The van der Waals surface area contributed by atoms with Gasteiger partial charge in [-0.2, -0.15) is 0 Å². The second-order valence-electron chi connectivity index (χ2n) is 4.38. The maximum Gasteiger partial charge on any atom is 0.223 e. The number of nitrogens with zero attached hydrogens (tertiary/aromatic N) is 1. The Hall–Kier alpha value is -0.900. The average molecular weight is 238 g/mol. The molecule has 1 saturated carbocycles. The van der Waals surface area contributed by atoms with E-state index in [4.69, 9.17) is 0 Å². The number of thiazole rings is 1. The Morgan fingerprint density at radius 2 is 2.44 bits per heavy atom. The predicted molar refractivity (Wildman–Crippen MR) is 65.4 cm³/mol. The molecule has 0 spiro atoms. The number of aryl methyl sites for hydroxylation is 1. The lowest BCUT2D eigenvalue weighted by Gasteiger charge is -2.25. The molecule has 1 amide bonds. The van der Waals surface area contributed by atoms with Gasteiger partial charge in [0, 0.05) is 11.3 Å². The number of carbonyl (C=O) groups is 1. The number of hydrogen-bond acceptors (Lipinski definition) is 3. The zero-order valence-electron chi connectivity index (χ0n) is 9.82. The zero-order chi connectivity index (χ0) is 11.5. The molecule has 88 valence electrons. The molecule has 0 bridgehead atoms. The van der Waals surface area contributed by atoms with Crippen LogP contribution < -0.4 is 5.32 Å². The van der Waals surface area contributed by atoms with Crippen molar-refractivity contribution in [3.05, 3.63) is 16.1 Å². The zero-order valence-corrected chi connectivity index (χ0v) is 10.6. The average Bonchev–Trinajstić information content (AvgIpc) is 2.62. The molecule has 1 heterocycles. The highest BCUT2D eigenvalue weighted by Gasteiger charge is 2.26. The fourth-order valence-electron chi connectivity index (χ4n) is 1.76. The number of amides is 1. The number of hydrogen-bond donors (Lipinski definition) is 1. The van der Waals surface area contributed by atoms with Crippen LogP contribution in [0.25, 0.3) is 0 Å². The first-order chi connectivity index (χ1) is 7.70. The molecule has 0 saturated heterocycles. The molecule has 1 atom stereocenters. The Morgan fingerprint density at radius 1 is 1.69 bits per heavy atom. The second kappa shape index (κ2) is 4.95. The van der Waals surface area contributed by atoms with Crippen LogP contribution in [0.5, 0.6) is 0 Å². The van der Waals surface area contributed by atoms with Crippen molar-refractivity contribution in [1.82, 2.24) is 10.3 Å². The minimum absolute atomic E-state index is 0.0460. The SMILES string of the molecule is CCc1nc(C(C)NC(=O)C2CCC2)cs1. The normalized spacial score (nSPS) is 17.9.